The van der Waals surface area contributed by atoms with Crippen LogP contribution in [0.15, 0.2) is 73.6 Å². The molecule has 1 atom stereocenters. The molecule has 23 heavy (non-hydrogen) atoms. The highest BCUT2D eigenvalue weighted by Crippen LogP contribution is 2.36. The predicted octanol–water partition coefficient (Wildman–Crippen LogP) is 2.95. The molecule has 0 aliphatic carbocycles. The first-order valence-corrected chi connectivity index (χ1v) is 7.29. The molecule has 5 nitrogen and oxygen atoms in total. The van der Waals surface area contributed by atoms with Gasteiger partial charge in [-0.25, -0.2) is 4.98 Å². The summed E-state index contributed by atoms with van der Waals surface area (Å²) >= 11 is 0. The van der Waals surface area contributed by atoms with Gasteiger partial charge in [-0.05, 0) is 35.4 Å². The molecule has 4 rings (SSSR count). The SMILES string of the molecule is O=C(n1ccnc1)[C@@]1(c2ccncc2)C=Cc2ccccc2N1. The second-order valence-corrected chi connectivity index (χ2v) is 5.36. The average Bonchev–Trinajstić information content (AvgIpc) is 3.16. The van der Waals surface area contributed by atoms with Crippen LogP contribution in [-0.4, -0.2) is 20.4 Å². The summed E-state index contributed by atoms with van der Waals surface area (Å²) in [5.41, 5.74) is 1.81. The van der Waals surface area contributed by atoms with Gasteiger partial charge in [0.1, 0.15) is 6.33 Å². The molecule has 1 aliphatic heterocycles. The number of nitrogens with zero attached hydrogens (tertiary/aromatic N) is 3. The topological polar surface area (TPSA) is 59.8 Å². The molecule has 0 saturated carbocycles. The molecule has 0 amide bonds. The van der Waals surface area contributed by atoms with Crippen molar-refractivity contribution in [3.05, 3.63) is 84.7 Å². The summed E-state index contributed by atoms with van der Waals surface area (Å²) in [6.07, 6.45) is 12.0. The maximum Gasteiger partial charge on any atom is 0.266 e. The Morgan fingerprint density at radius 3 is 2.65 bits per heavy atom. The molecular formula is C18H14N4O. The average molecular weight is 302 g/mol. The fourth-order valence-corrected chi connectivity index (χ4v) is 2.84. The molecule has 3 heterocycles. The maximum absolute atomic E-state index is 13.2. The summed E-state index contributed by atoms with van der Waals surface area (Å²) < 4.78 is 1.49. The van der Waals surface area contributed by atoms with Crippen LogP contribution >= 0.6 is 0 Å². The number of para-hydroxylation sites is 1. The van der Waals surface area contributed by atoms with Gasteiger partial charge in [0.2, 0.25) is 0 Å². The van der Waals surface area contributed by atoms with E-state index in [-0.39, 0.29) is 5.91 Å². The van der Waals surface area contributed by atoms with Gasteiger partial charge in [0.05, 0.1) is 0 Å². The molecule has 5 heteroatoms. The summed E-state index contributed by atoms with van der Waals surface area (Å²) in [5, 5.41) is 3.40. The quantitative estimate of drug-likeness (QED) is 0.790. The standard InChI is InChI=1S/C18H14N4O/c23-17(22-12-11-20-13-22)18(15-6-9-19-10-7-15)8-5-14-3-1-2-4-16(14)21-18/h1-13,21H/t18-/m0/s1. The predicted molar refractivity (Wildman–Crippen MR) is 87.9 cm³/mol. The lowest BCUT2D eigenvalue weighted by Gasteiger charge is -2.35. The van der Waals surface area contributed by atoms with Gasteiger partial charge in [-0.3, -0.25) is 14.3 Å². The van der Waals surface area contributed by atoms with Crippen molar-refractivity contribution in [3.8, 4) is 0 Å². The first-order chi connectivity index (χ1) is 11.3. The third kappa shape index (κ3) is 2.14. The Labute approximate surface area is 133 Å². The van der Waals surface area contributed by atoms with Crippen molar-refractivity contribution < 1.29 is 4.79 Å². The largest absolute Gasteiger partial charge is 0.364 e. The van der Waals surface area contributed by atoms with E-state index in [0.717, 1.165) is 16.8 Å². The van der Waals surface area contributed by atoms with Crippen molar-refractivity contribution in [2.24, 2.45) is 0 Å². The summed E-state index contributed by atoms with van der Waals surface area (Å²) in [6.45, 7) is 0. The minimum absolute atomic E-state index is 0.119. The number of pyridine rings is 1. The van der Waals surface area contributed by atoms with Crippen LogP contribution in [0.4, 0.5) is 5.69 Å². The zero-order valence-corrected chi connectivity index (χ0v) is 12.3. The summed E-state index contributed by atoms with van der Waals surface area (Å²) in [5.74, 6) is -0.119. The minimum Gasteiger partial charge on any atom is -0.364 e. The van der Waals surface area contributed by atoms with E-state index in [9.17, 15) is 4.79 Å². The van der Waals surface area contributed by atoms with Crippen LogP contribution in [0.1, 0.15) is 15.9 Å². The fourth-order valence-electron chi connectivity index (χ4n) is 2.84. The fraction of sp³-hybridized carbons (Fsp3) is 0.0556. The molecule has 2 aromatic heterocycles. The zero-order chi connectivity index (χ0) is 15.7. The number of imidazole rings is 1. The van der Waals surface area contributed by atoms with E-state index in [1.807, 2.05) is 48.6 Å². The molecule has 1 aliphatic rings. The number of carbonyl (C=O) groups is 1. The first-order valence-electron chi connectivity index (χ1n) is 7.29. The number of hydrogen-bond donors (Lipinski definition) is 1. The number of aromatic nitrogens is 3. The van der Waals surface area contributed by atoms with Crippen LogP contribution in [-0.2, 0) is 5.54 Å². The third-order valence-corrected chi connectivity index (χ3v) is 4.02. The zero-order valence-electron chi connectivity index (χ0n) is 12.3. The lowest BCUT2D eigenvalue weighted by molar-refractivity contribution is 0.0847. The van der Waals surface area contributed by atoms with Gasteiger partial charge in [-0.15, -0.1) is 0 Å². The molecule has 0 radical (unpaired) electrons. The number of rotatable bonds is 2. The van der Waals surface area contributed by atoms with E-state index in [4.69, 9.17) is 0 Å². The highest BCUT2D eigenvalue weighted by molar-refractivity contribution is 5.97. The number of anilines is 1. The Hall–Kier alpha value is -3.21. The van der Waals surface area contributed by atoms with E-state index >= 15 is 0 Å². The number of carbonyl (C=O) groups excluding carboxylic acids is 1. The molecule has 0 spiro atoms. The van der Waals surface area contributed by atoms with Crippen LogP contribution in [0.5, 0.6) is 0 Å². The Morgan fingerprint density at radius 1 is 1.04 bits per heavy atom. The van der Waals surface area contributed by atoms with Gasteiger partial charge in [-0.2, -0.15) is 0 Å². The summed E-state index contributed by atoms with van der Waals surface area (Å²) in [4.78, 5) is 21.2. The molecule has 3 aromatic rings. The summed E-state index contributed by atoms with van der Waals surface area (Å²) in [6, 6.07) is 11.6. The number of hydrogen-bond acceptors (Lipinski definition) is 4. The van der Waals surface area contributed by atoms with Gasteiger partial charge in [0.25, 0.3) is 5.91 Å². The van der Waals surface area contributed by atoms with E-state index < -0.39 is 5.54 Å². The Balaban J connectivity index is 1.89. The highest BCUT2D eigenvalue weighted by atomic mass is 16.2. The van der Waals surface area contributed by atoms with Crippen LogP contribution in [0.3, 0.4) is 0 Å². The highest BCUT2D eigenvalue weighted by Gasteiger charge is 2.40. The Kier molecular flexibility index (Phi) is 3.05. The molecule has 0 unspecified atom stereocenters. The van der Waals surface area contributed by atoms with Crippen molar-refractivity contribution in [2.45, 2.75) is 5.54 Å². The Morgan fingerprint density at radius 2 is 1.87 bits per heavy atom. The number of nitrogens with one attached hydrogen (secondary N) is 1. The van der Waals surface area contributed by atoms with Gasteiger partial charge >= 0.3 is 0 Å². The Bertz CT molecular complexity index is 871. The van der Waals surface area contributed by atoms with Gasteiger partial charge < -0.3 is 5.32 Å². The van der Waals surface area contributed by atoms with Crippen LogP contribution < -0.4 is 5.32 Å². The van der Waals surface area contributed by atoms with Crippen molar-refractivity contribution in [3.63, 3.8) is 0 Å². The molecule has 0 saturated heterocycles. The van der Waals surface area contributed by atoms with Crippen LogP contribution in [0, 0.1) is 0 Å². The lowest BCUT2D eigenvalue weighted by atomic mass is 9.85. The van der Waals surface area contributed by atoms with Gasteiger partial charge in [0, 0.05) is 30.5 Å². The third-order valence-electron chi connectivity index (χ3n) is 4.02. The first kappa shape index (κ1) is 13.5. The van der Waals surface area contributed by atoms with E-state index in [1.54, 1.807) is 24.8 Å². The lowest BCUT2D eigenvalue weighted by Crippen LogP contribution is -2.45. The van der Waals surface area contributed by atoms with Gasteiger partial charge in [-0.1, -0.05) is 24.3 Å². The van der Waals surface area contributed by atoms with Gasteiger partial charge in [0.15, 0.2) is 5.54 Å². The molecule has 1 aromatic carbocycles. The second kappa shape index (κ2) is 5.21. The van der Waals surface area contributed by atoms with Crippen molar-refractivity contribution in [1.29, 1.82) is 0 Å². The summed E-state index contributed by atoms with van der Waals surface area (Å²) in [7, 11) is 0. The molecule has 0 bridgehead atoms. The van der Waals surface area contributed by atoms with E-state index in [0.29, 0.717) is 0 Å². The molecular weight excluding hydrogens is 288 g/mol. The second-order valence-electron chi connectivity index (χ2n) is 5.36. The molecule has 112 valence electrons. The number of fused-ring (bicyclic) bond motifs is 1. The molecule has 1 N–H and O–H groups in total. The van der Waals surface area contributed by atoms with E-state index in [2.05, 4.69) is 15.3 Å². The van der Waals surface area contributed by atoms with Crippen molar-refractivity contribution >= 4 is 17.7 Å². The minimum atomic E-state index is -0.988. The van der Waals surface area contributed by atoms with E-state index in [1.165, 1.54) is 10.9 Å². The van der Waals surface area contributed by atoms with Crippen molar-refractivity contribution in [2.75, 3.05) is 5.32 Å². The normalized spacial score (nSPS) is 19.0. The smallest absolute Gasteiger partial charge is 0.266 e. The maximum atomic E-state index is 13.2. The van der Waals surface area contributed by atoms with Crippen LogP contribution in [0.2, 0.25) is 0 Å². The van der Waals surface area contributed by atoms with Crippen LogP contribution in [0.25, 0.3) is 6.08 Å². The van der Waals surface area contributed by atoms with Crippen molar-refractivity contribution in [1.82, 2.24) is 14.5 Å². The molecule has 0 fully saturated rings. The number of benzene rings is 1. The monoisotopic (exact) mass is 302 g/mol.